The van der Waals surface area contributed by atoms with Crippen LogP contribution in [0.2, 0.25) is 0 Å². The van der Waals surface area contributed by atoms with E-state index in [2.05, 4.69) is 0 Å². The van der Waals surface area contributed by atoms with E-state index in [-0.39, 0.29) is 11.8 Å². The van der Waals surface area contributed by atoms with Crippen LogP contribution in [0.4, 0.5) is 4.79 Å². The summed E-state index contributed by atoms with van der Waals surface area (Å²) >= 11 is 0. The Labute approximate surface area is 151 Å². The molecule has 0 fully saturated rings. The number of likely N-dealkylation sites (N-methyl/N-ethyl adjacent to an activating group) is 2. The van der Waals surface area contributed by atoms with Crippen molar-refractivity contribution < 1.29 is 24.2 Å². The predicted octanol–water partition coefficient (Wildman–Crippen LogP) is 2.84. The summed E-state index contributed by atoms with van der Waals surface area (Å²) < 4.78 is 5.35. The second-order valence-corrected chi connectivity index (χ2v) is 8.21. The largest absolute Gasteiger partial charge is 0.480 e. The number of ether oxygens (including phenoxy) is 1. The molecule has 0 radical (unpaired) electrons. The van der Waals surface area contributed by atoms with Gasteiger partial charge >= 0.3 is 12.1 Å². The van der Waals surface area contributed by atoms with Crippen LogP contribution < -0.4 is 0 Å². The summed E-state index contributed by atoms with van der Waals surface area (Å²) in [5, 5.41) is 9.43. The number of hydrogen-bond acceptors (Lipinski definition) is 4. The Kier molecular flexibility index (Phi) is 8.41. The summed E-state index contributed by atoms with van der Waals surface area (Å²) in [7, 11) is 2.98. The minimum atomic E-state index is -1.06. The first-order valence-electron chi connectivity index (χ1n) is 8.64. The lowest BCUT2D eigenvalue weighted by atomic mass is 9.98. The molecule has 0 spiro atoms. The summed E-state index contributed by atoms with van der Waals surface area (Å²) in [6, 6.07) is -1.73. The van der Waals surface area contributed by atoms with Gasteiger partial charge in [0.2, 0.25) is 5.91 Å². The molecule has 0 aliphatic carbocycles. The van der Waals surface area contributed by atoms with Gasteiger partial charge in [-0.3, -0.25) is 9.69 Å². The Hall–Kier alpha value is -1.79. The molecule has 7 nitrogen and oxygen atoms in total. The van der Waals surface area contributed by atoms with E-state index in [1.54, 1.807) is 34.6 Å². The smallest absolute Gasteiger partial charge is 0.410 e. The lowest BCUT2D eigenvalue weighted by Crippen LogP contribution is -2.55. The van der Waals surface area contributed by atoms with Gasteiger partial charge in [-0.1, -0.05) is 27.7 Å². The van der Waals surface area contributed by atoms with E-state index in [1.165, 1.54) is 23.9 Å². The fourth-order valence-corrected chi connectivity index (χ4v) is 2.60. The van der Waals surface area contributed by atoms with E-state index in [0.717, 1.165) is 0 Å². The molecule has 2 amide bonds. The molecule has 0 heterocycles. The number of aliphatic carboxylic acids is 1. The average molecular weight is 358 g/mol. The van der Waals surface area contributed by atoms with Crippen molar-refractivity contribution in [3.63, 3.8) is 0 Å². The van der Waals surface area contributed by atoms with Gasteiger partial charge in [-0.05, 0) is 39.0 Å². The molecule has 146 valence electrons. The predicted molar refractivity (Wildman–Crippen MR) is 96.3 cm³/mol. The molecule has 0 aliphatic rings. The monoisotopic (exact) mass is 358 g/mol. The van der Waals surface area contributed by atoms with Crippen molar-refractivity contribution in [1.82, 2.24) is 9.80 Å². The number of carbonyl (C=O) groups excluding carboxylic acids is 2. The van der Waals surface area contributed by atoms with E-state index in [4.69, 9.17) is 4.74 Å². The van der Waals surface area contributed by atoms with Crippen LogP contribution in [0.15, 0.2) is 0 Å². The van der Waals surface area contributed by atoms with Crippen molar-refractivity contribution in [2.24, 2.45) is 11.8 Å². The van der Waals surface area contributed by atoms with Gasteiger partial charge in [-0.25, -0.2) is 9.59 Å². The summed E-state index contributed by atoms with van der Waals surface area (Å²) in [6.07, 6.45) is -0.181. The van der Waals surface area contributed by atoms with E-state index in [1.807, 2.05) is 13.8 Å². The Morgan fingerprint density at radius 2 is 1.48 bits per heavy atom. The fourth-order valence-electron chi connectivity index (χ4n) is 2.60. The maximum Gasteiger partial charge on any atom is 0.410 e. The van der Waals surface area contributed by atoms with Crippen LogP contribution in [0.25, 0.3) is 0 Å². The van der Waals surface area contributed by atoms with Crippen LogP contribution in [0.3, 0.4) is 0 Å². The van der Waals surface area contributed by atoms with Crippen LogP contribution in [0.5, 0.6) is 0 Å². The first-order chi connectivity index (χ1) is 11.2. The molecule has 2 unspecified atom stereocenters. The molecule has 0 rings (SSSR count). The summed E-state index contributed by atoms with van der Waals surface area (Å²) in [4.78, 5) is 39.3. The van der Waals surface area contributed by atoms with Crippen LogP contribution in [0, 0.1) is 11.8 Å². The third-order valence-electron chi connectivity index (χ3n) is 3.78. The number of amides is 2. The first kappa shape index (κ1) is 23.2. The molecule has 0 aromatic heterocycles. The molecule has 1 N–H and O–H groups in total. The molecule has 25 heavy (non-hydrogen) atoms. The number of rotatable bonds is 7. The SMILES string of the molecule is CC(C)CC(C(=O)N(C)C(C(=O)O)C(C)C)N(C)C(=O)OC(C)(C)C. The average Bonchev–Trinajstić information content (AvgIpc) is 2.40. The zero-order valence-electron chi connectivity index (χ0n) is 17.0. The number of hydrogen-bond donors (Lipinski definition) is 1. The molecule has 0 saturated carbocycles. The van der Waals surface area contributed by atoms with Crippen LogP contribution in [-0.2, 0) is 14.3 Å². The van der Waals surface area contributed by atoms with Gasteiger partial charge in [0, 0.05) is 14.1 Å². The number of carboxylic acids is 1. The zero-order chi connectivity index (χ0) is 20.1. The maximum atomic E-state index is 13.0. The van der Waals surface area contributed by atoms with Crippen molar-refractivity contribution in [2.45, 2.75) is 72.6 Å². The molecule has 0 bridgehead atoms. The maximum absolute atomic E-state index is 13.0. The molecule has 0 aromatic rings. The lowest BCUT2D eigenvalue weighted by molar-refractivity contribution is -0.153. The highest BCUT2D eigenvalue weighted by Crippen LogP contribution is 2.19. The van der Waals surface area contributed by atoms with Gasteiger partial charge in [-0.2, -0.15) is 0 Å². The van der Waals surface area contributed by atoms with Crippen molar-refractivity contribution in [1.29, 1.82) is 0 Å². The first-order valence-corrected chi connectivity index (χ1v) is 8.64. The number of carboxylic acid groups (broad SMARTS) is 1. The highest BCUT2D eigenvalue weighted by Gasteiger charge is 2.37. The zero-order valence-corrected chi connectivity index (χ0v) is 17.0. The normalized spacial score (nSPS) is 14.2. The second kappa shape index (κ2) is 9.06. The molecular weight excluding hydrogens is 324 g/mol. The van der Waals surface area contributed by atoms with E-state index in [9.17, 15) is 19.5 Å². The summed E-state index contributed by atoms with van der Waals surface area (Å²) in [5.41, 5.74) is -0.676. The molecular formula is C18H34N2O5. The third-order valence-corrected chi connectivity index (χ3v) is 3.78. The molecule has 0 saturated heterocycles. The highest BCUT2D eigenvalue weighted by atomic mass is 16.6. The Morgan fingerprint density at radius 3 is 1.80 bits per heavy atom. The summed E-state index contributed by atoms with van der Waals surface area (Å²) in [6.45, 7) is 12.6. The Bertz CT molecular complexity index is 482. The minimum absolute atomic E-state index is 0.148. The standard InChI is InChI=1S/C18H34N2O5/c1-11(2)10-13(19(8)17(24)25-18(5,6)7)15(21)20(9)14(12(3)4)16(22)23/h11-14H,10H2,1-9H3,(H,22,23). The number of carbonyl (C=O) groups is 3. The van der Waals surface area contributed by atoms with E-state index >= 15 is 0 Å². The molecule has 0 aliphatic heterocycles. The van der Waals surface area contributed by atoms with Crippen molar-refractivity contribution in [3.8, 4) is 0 Å². The van der Waals surface area contributed by atoms with Crippen LogP contribution in [-0.4, -0.2) is 64.7 Å². The van der Waals surface area contributed by atoms with Crippen molar-refractivity contribution in [3.05, 3.63) is 0 Å². The Balaban J connectivity index is 5.53. The van der Waals surface area contributed by atoms with Crippen LogP contribution in [0.1, 0.15) is 54.9 Å². The van der Waals surface area contributed by atoms with Gasteiger partial charge in [0.05, 0.1) is 0 Å². The van der Waals surface area contributed by atoms with Crippen molar-refractivity contribution in [2.75, 3.05) is 14.1 Å². The van der Waals surface area contributed by atoms with Gasteiger partial charge in [0.15, 0.2) is 0 Å². The van der Waals surface area contributed by atoms with Gasteiger partial charge in [0.25, 0.3) is 0 Å². The van der Waals surface area contributed by atoms with Crippen LogP contribution >= 0.6 is 0 Å². The van der Waals surface area contributed by atoms with Crippen molar-refractivity contribution >= 4 is 18.0 Å². The molecule has 2 atom stereocenters. The second-order valence-electron chi connectivity index (χ2n) is 8.21. The molecule has 0 aromatic carbocycles. The van der Waals surface area contributed by atoms with Gasteiger partial charge < -0.3 is 14.7 Å². The van der Waals surface area contributed by atoms with E-state index in [0.29, 0.717) is 6.42 Å². The van der Waals surface area contributed by atoms with E-state index < -0.39 is 35.7 Å². The topological polar surface area (TPSA) is 87.2 Å². The molecule has 7 heteroatoms. The third kappa shape index (κ3) is 7.32. The Morgan fingerprint density at radius 1 is 1.00 bits per heavy atom. The summed E-state index contributed by atoms with van der Waals surface area (Å²) in [5.74, 6) is -1.57. The minimum Gasteiger partial charge on any atom is -0.480 e. The lowest BCUT2D eigenvalue weighted by Gasteiger charge is -2.36. The highest BCUT2D eigenvalue weighted by molar-refractivity contribution is 5.89. The number of nitrogens with zero attached hydrogens (tertiary/aromatic N) is 2. The quantitative estimate of drug-likeness (QED) is 0.756. The van der Waals surface area contributed by atoms with Gasteiger partial charge in [-0.15, -0.1) is 0 Å². The van der Waals surface area contributed by atoms with Gasteiger partial charge in [0.1, 0.15) is 17.7 Å². The fraction of sp³-hybridized carbons (Fsp3) is 0.833.